The van der Waals surface area contributed by atoms with Gasteiger partial charge in [0, 0.05) is 19.7 Å². The van der Waals surface area contributed by atoms with Crippen molar-refractivity contribution in [2.75, 3.05) is 18.9 Å². The molecule has 1 aromatic carbocycles. The molecular formula is C11H14F2N2O2. The number of nitrogens with zero attached hydrogens (tertiary/aromatic N) is 1. The van der Waals surface area contributed by atoms with Crippen LogP contribution < -0.4 is 5.32 Å². The fourth-order valence-electron chi connectivity index (χ4n) is 1.28. The number of urea groups is 1. The number of carbonyl (C=O) groups is 1. The number of aliphatic hydroxyl groups is 1. The number of likely N-dealkylation sites (N-methyl/N-ethyl adjacent to an activating group) is 1. The first-order valence-electron chi connectivity index (χ1n) is 5.05. The summed E-state index contributed by atoms with van der Waals surface area (Å²) in [6.07, 6.45) is -0.677. The molecule has 0 aliphatic carbocycles. The van der Waals surface area contributed by atoms with Gasteiger partial charge in [0.05, 0.1) is 11.8 Å². The van der Waals surface area contributed by atoms with Gasteiger partial charge in [-0.1, -0.05) is 0 Å². The fourth-order valence-corrected chi connectivity index (χ4v) is 1.28. The van der Waals surface area contributed by atoms with E-state index in [1.54, 1.807) is 0 Å². The SMILES string of the molecule is CC(O)CN(C)C(=O)Nc1ccc(F)cc1F. The van der Waals surface area contributed by atoms with E-state index in [1.807, 2.05) is 0 Å². The van der Waals surface area contributed by atoms with E-state index < -0.39 is 23.8 Å². The van der Waals surface area contributed by atoms with Crippen LogP contribution in [0.5, 0.6) is 0 Å². The molecule has 1 unspecified atom stereocenters. The summed E-state index contributed by atoms with van der Waals surface area (Å²) in [4.78, 5) is 12.7. The Bertz CT molecular complexity index is 410. The Hall–Kier alpha value is -1.69. The fraction of sp³-hybridized carbons (Fsp3) is 0.364. The highest BCUT2D eigenvalue weighted by Gasteiger charge is 2.13. The lowest BCUT2D eigenvalue weighted by Gasteiger charge is -2.19. The number of benzene rings is 1. The zero-order valence-corrected chi connectivity index (χ0v) is 9.58. The second kappa shape index (κ2) is 5.58. The predicted molar refractivity (Wildman–Crippen MR) is 59.7 cm³/mol. The molecule has 94 valence electrons. The first kappa shape index (κ1) is 13.4. The molecule has 0 heterocycles. The number of halogens is 2. The van der Waals surface area contributed by atoms with Crippen molar-refractivity contribution < 1.29 is 18.7 Å². The molecule has 6 heteroatoms. The van der Waals surface area contributed by atoms with Gasteiger partial charge >= 0.3 is 6.03 Å². The lowest BCUT2D eigenvalue weighted by atomic mass is 10.3. The van der Waals surface area contributed by atoms with Crippen molar-refractivity contribution in [3.8, 4) is 0 Å². The first-order chi connectivity index (χ1) is 7.90. The van der Waals surface area contributed by atoms with Gasteiger partial charge in [0.2, 0.25) is 0 Å². The van der Waals surface area contributed by atoms with E-state index in [-0.39, 0.29) is 12.2 Å². The average Bonchev–Trinajstić information content (AvgIpc) is 2.21. The van der Waals surface area contributed by atoms with Crippen molar-refractivity contribution >= 4 is 11.7 Å². The molecule has 4 nitrogen and oxygen atoms in total. The van der Waals surface area contributed by atoms with Crippen molar-refractivity contribution in [1.29, 1.82) is 0 Å². The number of hydrogen-bond acceptors (Lipinski definition) is 2. The van der Waals surface area contributed by atoms with Crippen LogP contribution in [0.15, 0.2) is 18.2 Å². The Kier molecular flexibility index (Phi) is 4.39. The second-order valence-electron chi connectivity index (χ2n) is 3.78. The van der Waals surface area contributed by atoms with Gasteiger partial charge in [0.15, 0.2) is 0 Å². The van der Waals surface area contributed by atoms with E-state index in [1.165, 1.54) is 18.9 Å². The molecule has 2 N–H and O–H groups in total. The molecule has 0 saturated heterocycles. The second-order valence-corrected chi connectivity index (χ2v) is 3.78. The molecule has 17 heavy (non-hydrogen) atoms. The van der Waals surface area contributed by atoms with Crippen molar-refractivity contribution in [2.45, 2.75) is 13.0 Å². The summed E-state index contributed by atoms with van der Waals surface area (Å²) in [5.74, 6) is -1.55. The van der Waals surface area contributed by atoms with E-state index in [0.29, 0.717) is 6.07 Å². The number of amides is 2. The molecule has 0 bridgehead atoms. The van der Waals surface area contributed by atoms with E-state index in [2.05, 4.69) is 5.32 Å². The van der Waals surface area contributed by atoms with E-state index >= 15 is 0 Å². The summed E-state index contributed by atoms with van der Waals surface area (Å²) in [6, 6.07) is 2.30. The minimum atomic E-state index is -0.844. The molecule has 2 amide bonds. The quantitative estimate of drug-likeness (QED) is 0.852. The Labute approximate surface area is 97.9 Å². The largest absolute Gasteiger partial charge is 0.392 e. The van der Waals surface area contributed by atoms with Crippen molar-refractivity contribution in [3.63, 3.8) is 0 Å². The maximum atomic E-state index is 13.2. The van der Waals surface area contributed by atoms with Crippen LogP contribution in [-0.2, 0) is 0 Å². The monoisotopic (exact) mass is 244 g/mol. The molecule has 1 rings (SSSR count). The molecule has 0 radical (unpaired) electrons. The van der Waals surface area contributed by atoms with Crippen LogP contribution in [0.1, 0.15) is 6.92 Å². The van der Waals surface area contributed by atoms with Gasteiger partial charge < -0.3 is 15.3 Å². The van der Waals surface area contributed by atoms with Crippen LogP contribution in [0.25, 0.3) is 0 Å². The van der Waals surface area contributed by atoms with Crippen LogP contribution in [0, 0.1) is 11.6 Å². The smallest absolute Gasteiger partial charge is 0.321 e. The highest BCUT2D eigenvalue weighted by atomic mass is 19.1. The molecule has 0 aromatic heterocycles. The Morgan fingerprint density at radius 3 is 2.71 bits per heavy atom. The number of hydrogen-bond donors (Lipinski definition) is 2. The van der Waals surface area contributed by atoms with Crippen molar-refractivity contribution in [3.05, 3.63) is 29.8 Å². The lowest BCUT2D eigenvalue weighted by molar-refractivity contribution is 0.149. The zero-order valence-electron chi connectivity index (χ0n) is 9.58. The predicted octanol–water partition coefficient (Wildman–Crippen LogP) is 1.81. The Morgan fingerprint density at radius 1 is 1.53 bits per heavy atom. The summed E-state index contributed by atoms with van der Waals surface area (Å²) < 4.78 is 25.8. The normalized spacial score (nSPS) is 12.1. The van der Waals surface area contributed by atoms with Crippen LogP contribution in [-0.4, -0.2) is 35.7 Å². The molecule has 0 fully saturated rings. The minimum absolute atomic E-state index is 0.103. The van der Waals surface area contributed by atoms with E-state index in [4.69, 9.17) is 5.11 Å². The number of rotatable bonds is 3. The van der Waals surface area contributed by atoms with E-state index in [0.717, 1.165) is 12.1 Å². The van der Waals surface area contributed by atoms with Gasteiger partial charge in [-0.2, -0.15) is 0 Å². The van der Waals surface area contributed by atoms with Crippen molar-refractivity contribution in [1.82, 2.24) is 4.90 Å². The van der Waals surface area contributed by atoms with Gasteiger partial charge in [0.1, 0.15) is 11.6 Å². The Balaban J connectivity index is 2.67. The average molecular weight is 244 g/mol. The summed E-state index contributed by atoms with van der Waals surface area (Å²) in [7, 11) is 1.46. The van der Waals surface area contributed by atoms with Gasteiger partial charge in [-0.25, -0.2) is 13.6 Å². The van der Waals surface area contributed by atoms with Gasteiger partial charge in [-0.05, 0) is 19.1 Å². The van der Waals surface area contributed by atoms with Crippen LogP contribution in [0.2, 0.25) is 0 Å². The standard InChI is InChI=1S/C11H14F2N2O2/c1-7(16)6-15(2)11(17)14-10-4-3-8(12)5-9(10)13/h3-5,7,16H,6H2,1-2H3,(H,14,17). The van der Waals surface area contributed by atoms with E-state index in [9.17, 15) is 13.6 Å². The maximum Gasteiger partial charge on any atom is 0.321 e. The molecular weight excluding hydrogens is 230 g/mol. The topological polar surface area (TPSA) is 52.6 Å². The maximum absolute atomic E-state index is 13.2. The van der Waals surface area contributed by atoms with Gasteiger partial charge in [-0.15, -0.1) is 0 Å². The first-order valence-corrected chi connectivity index (χ1v) is 5.05. The lowest BCUT2D eigenvalue weighted by Crippen LogP contribution is -2.36. The van der Waals surface area contributed by atoms with Crippen molar-refractivity contribution in [2.24, 2.45) is 0 Å². The minimum Gasteiger partial charge on any atom is -0.392 e. The molecule has 0 aliphatic rings. The van der Waals surface area contributed by atoms with Crippen LogP contribution in [0.3, 0.4) is 0 Å². The van der Waals surface area contributed by atoms with Gasteiger partial charge in [-0.3, -0.25) is 0 Å². The number of carbonyl (C=O) groups excluding carboxylic acids is 1. The van der Waals surface area contributed by atoms with Crippen LogP contribution in [0.4, 0.5) is 19.3 Å². The molecule has 1 aromatic rings. The Morgan fingerprint density at radius 2 is 2.18 bits per heavy atom. The highest BCUT2D eigenvalue weighted by molar-refractivity contribution is 5.89. The molecule has 0 spiro atoms. The molecule has 0 saturated carbocycles. The molecule has 0 aliphatic heterocycles. The van der Waals surface area contributed by atoms with Crippen LogP contribution >= 0.6 is 0 Å². The third kappa shape index (κ3) is 3.99. The van der Waals surface area contributed by atoms with Gasteiger partial charge in [0.25, 0.3) is 0 Å². The zero-order chi connectivity index (χ0) is 13.0. The summed E-state index contributed by atoms with van der Waals surface area (Å²) in [6.45, 7) is 1.65. The summed E-state index contributed by atoms with van der Waals surface area (Å²) >= 11 is 0. The molecule has 1 atom stereocenters. The highest BCUT2D eigenvalue weighted by Crippen LogP contribution is 2.15. The number of aliphatic hydroxyl groups excluding tert-OH is 1. The summed E-state index contributed by atoms with van der Waals surface area (Å²) in [5.41, 5.74) is -0.103. The summed E-state index contributed by atoms with van der Waals surface area (Å²) in [5, 5.41) is 11.4. The number of nitrogens with one attached hydrogen (secondary N) is 1. The third-order valence-corrected chi connectivity index (χ3v) is 2.06. The number of anilines is 1. The third-order valence-electron chi connectivity index (χ3n) is 2.06.